The highest BCUT2D eigenvalue weighted by atomic mass is 32.2. The highest BCUT2D eigenvalue weighted by molar-refractivity contribution is 7.98. The lowest BCUT2D eigenvalue weighted by molar-refractivity contribution is 0.540. The Morgan fingerprint density at radius 2 is 1.60 bits per heavy atom. The summed E-state index contributed by atoms with van der Waals surface area (Å²) in [5.41, 5.74) is 3.52. The first-order valence-electron chi connectivity index (χ1n) is 11.2. The molecule has 0 aliphatic heterocycles. The fourth-order valence-corrected chi connectivity index (χ4v) is 5.08. The number of hydrogen-bond donors (Lipinski definition) is 0. The lowest BCUT2D eigenvalue weighted by atomic mass is 10.2. The molecule has 7 nitrogen and oxygen atoms in total. The van der Waals surface area contributed by atoms with Crippen molar-refractivity contribution in [1.29, 1.82) is 0 Å². The van der Waals surface area contributed by atoms with Crippen molar-refractivity contribution in [3.63, 3.8) is 0 Å². The Hall–Kier alpha value is -4.17. The second-order valence-corrected chi connectivity index (χ2v) is 9.13. The van der Waals surface area contributed by atoms with Crippen LogP contribution in [0.1, 0.15) is 17.0 Å². The molecule has 3 aromatic heterocycles. The van der Waals surface area contributed by atoms with Crippen LogP contribution in [-0.4, -0.2) is 24.1 Å². The minimum absolute atomic E-state index is 0.0826. The molecule has 3 aromatic carbocycles. The standard InChI is InChI=1S/C27H21N5O2S/c1-18-22(28-24(34-18)20-12-6-3-7-13-20)17-35-27-30-29-26-31(16-19-10-4-2-5-11-19)25(33)21-14-8-9-15-23(21)32(26)27/h2-15H,16-17H2,1H3. The zero-order chi connectivity index (χ0) is 23.8. The molecule has 35 heavy (non-hydrogen) atoms. The molecule has 0 spiro atoms. The van der Waals surface area contributed by atoms with Gasteiger partial charge in [-0.05, 0) is 36.8 Å². The van der Waals surface area contributed by atoms with Crippen LogP contribution in [0, 0.1) is 6.92 Å². The van der Waals surface area contributed by atoms with Gasteiger partial charge in [-0.3, -0.25) is 13.8 Å². The molecule has 0 saturated heterocycles. The summed E-state index contributed by atoms with van der Waals surface area (Å²) in [6, 6.07) is 27.3. The van der Waals surface area contributed by atoms with Crippen molar-refractivity contribution in [3.8, 4) is 11.5 Å². The molecule has 3 heterocycles. The van der Waals surface area contributed by atoms with Gasteiger partial charge < -0.3 is 4.42 Å². The van der Waals surface area contributed by atoms with Crippen molar-refractivity contribution in [2.24, 2.45) is 0 Å². The van der Waals surface area contributed by atoms with Gasteiger partial charge in [0.1, 0.15) is 5.76 Å². The summed E-state index contributed by atoms with van der Waals surface area (Å²) in [6.07, 6.45) is 0. The topological polar surface area (TPSA) is 78.2 Å². The molecule has 0 bridgehead atoms. The Morgan fingerprint density at radius 3 is 2.40 bits per heavy atom. The maximum Gasteiger partial charge on any atom is 0.263 e. The van der Waals surface area contributed by atoms with Crippen LogP contribution in [-0.2, 0) is 12.3 Å². The number of aromatic nitrogens is 5. The molecule has 6 aromatic rings. The largest absolute Gasteiger partial charge is 0.441 e. The second kappa shape index (κ2) is 8.88. The second-order valence-electron chi connectivity index (χ2n) is 8.19. The fraction of sp³-hybridized carbons (Fsp3) is 0.111. The highest BCUT2D eigenvalue weighted by Gasteiger charge is 2.18. The molecule has 0 radical (unpaired) electrons. The van der Waals surface area contributed by atoms with Crippen molar-refractivity contribution in [1.82, 2.24) is 24.1 Å². The number of benzene rings is 3. The highest BCUT2D eigenvalue weighted by Crippen LogP contribution is 2.28. The predicted octanol–water partition coefficient (Wildman–Crippen LogP) is 5.35. The summed E-state index contributed by atoms with van der Waals surface area (Å²) >= 11 is 1.52. The summed E-state index contributed by atoms with van der Waals surface area (Å²) in [7, 11) is 0. The first-order chi connectivity index (χ1) is 17.2. The van der Waals surface area contributed by atoms with E-state index in [2.05, 4.69) is 10.2 Å². The first-order valence-corrected chi connectivity index (χ1v) is 12.2. The predicted molar refractivity (Wildman–Crippen MR) is 137 cm³/mol. The van der Waals surface area contributed by atoms with Crippen LogP contribution in [0.4, 0.5) is 0 Å². The van der Waals surface area contributed by atoms with Crippen molar-refractivity contribution in [2.45, 2.75) is 24.4 Å². The van der Waals surface area contributed by atoms with Crippen LogP contribution in [0.15, 0.2) is 99.3 Å². The molecule has 0 aliphatic carbocycles. The van der Waals surface area contributed by atoms with E-state index in [-0.39, 0.29) is 5.56 Å². The summed E-state index contributed by atoms with van der Waals surface area (Å²) < 4.78 is 9.56. The smallest absolute Gasteiger partial charge is 0.263 e. The van der Waals surface area contributed by atoms with Crippen molar-refractivity contribution >= 4 is 28.4 Å². The molecule has 0 N–H and O–H groups in total. The van der Waals surface area contributed by atoms with Gasteiger partial charge in [-0.1, -0.05) is 72.4 Å². The van der Waals surface area contributed by atoms with Crippen LogP contribution in [0.5, 0.6) is 0 Å². The quantitative estimate of drug-likeness (QED) is 0.300. The van der Waals surface area contributed by atoms with Gasteiger partial charge in [0.25, 0.3) is 5.56 Å². The number of thioether (sulfide) groups is 1. The number of hydrogen-bond acceptors (Lipinski definition) is 6. The van der Waals surface area contributed by atoms with E-state index in [4.69, 9.17) is 9.40 Å². The Morgan fingerprint density at radius 1 is 0.886 bits per heavy atom. The van der Waals surface area contributed by atoms with Crippen molar-refractivity contribution in [3.05, 3.63) is 112 Å². The zero-order valence-electron chi connectivity index (χ0n) is 19.0. The van der Waals surface area contributed by atoms with Gasteiger partial charge in [0.05, 0.1) is 23.1 Å². The Labute approximate surface area is 205 Å². The molecule has 6 rings (SSSR count). The minimum Gasteiger partial charge on any atom is -0.441 e. The Kier molecular flexibility index (Phi) is 5.42. The molecule has 0 atom stereocenters. The average Bonchev–Trinajstić information content (AvgIpc) is 3.50. The van der Waals surface area contributed by atoms with Crippen LogP contribution in [0.25, 0.3) is 28.1 Å². The van der Waals surface area contributed by atoms with Gasteiger partial charge in [0.2, 0.25) is 11.7 Å². The van der Waals surface area contributed by atoms with Crippen molar-refractivity contribution < 1.29 is 4.42 Å². The summed E-state index contributed by atoms with van der Waals surface area (Å²) in [5, 5.41) is 10.2. The van der Waals surface area contributed by atoms with E-state index in [1.165, 1.54) is 11.8 Å². The average molecular weight is 480 g/mol. The van der Waals surface area contributed by atoms with Gasteiger partial charge in [-0.15, -0.1) is 10.2 Å². The van der Waals surface area contributed by atoms with Crippen LogP contribution >= 0.6 is 11.8 Å². The molecule has 0 fully saturated rings. The maximum atomic E-state index is 13.4. The van der Waals surface area contributed by atoms with Gasteiger partial charge >= 0.3 is 0 Å². The molecule has 0 unspecified atom stereocenters. The number of para-hydroxylation sites is 1. The summed E-state index contributed by atoms with van der Waals surface area (Å²) in [5.74, 6) is 2.46. The SMILES string of the molecule is Cc1oc(-c2ccccc2)nc1CSc1nnc2n(Cc3ccccc3)c(=O)c3ccccc3n12. The van der Waals surface area contributed by atoms with E-state index < -0.39 is 0 Å². The number of nitrogens with zero attached hydrogens (tertiary/aromatic N) is 5. The number of oxazole rings is 1. The van der Waals surface area contributed by atoms with Crippen LogP contribution in [0.3, 0.4) is 0 Å². The zero-order valence-corrected chi connectivity index (χ0v) is 19.8. The Bertz CT molecular complexity index is 1700. The number of fused-ring (bicyclic) bond motifs is 3. The van der Waals surface area contributed by atoms with E-state index >= 15 is 0 Å². The lowest BCUT2D eigenvalue weighted by Gasteiger charge is -2.11. The third kappa shape index (κ3) is 3.91. The minimum atomic E-state index is -0.0826. The van der Waals surface area contributed by atoms with E-state index in [9.17, 15) is 4.79 Å². The molecular formula is C27H21N5O2S. The van der Waals surface area contributed by atoms with Gasteiger partial charge in [0.15, 0.2) is 5.16 Å². The molecule has 0 amide bonds. The number of rotatable bonds is 6. The molecular weight excluding hydrogens is 458 g/mol. The lowest BCUT2D eigenvalue weighted by Crippen LogP contribution is -2.24. The normalized spacial score (nSPS) is 11.5. The first kappa shape index (κ1) is 21.4. The maximum absolute atomic E-state index is 13.4. The van der Waals surface area contributed by atoms with Crippen LogP contribution < -0.4 is 5.56 Å². The molecule has 172 valence electrons. The summed E-state index contributed by atoms with van der Waals surface area (Å²) in [6.45, 7) is 2.34. The number of aryl methyl sites for hydroxylation is 1. The third-order valence-corrected chi connectivity index (χ3v) is 6.85. The summed E-state index contributed by atoms with van der Waals surface area (Å²) in [4.78, 5) is 18.1. The van der Waals surface area contributed by atoms with Gasteiger partial charge in [-0.2, -0.15) is 0 Å². The molecule has 0 aliphatic rings. The van der Waals surface area contributed by atoms with Crippen LogP contribution in [0.2, 0.25) is 0 Å². The van der Waals surface area contributed by atoms with Gasteiger partial charge in [0, 0.05) is 11.3 Å². The molecule has 0 saturated carbocycles. The monoisotopic (exact) mass is 479 g/mol. The van der Waals surface area contributed by atoms with Gasteiger partial charge in [-0.25, -0.2) is 4.98 Å². The Balaban J connectivity index is 1.40. The molecule has 8 heteroatoms. The van der Waals surface area contributed by atoms with Crippen molar-refractivity contribution in [2.75, 3.05) is 0 Å². The fourth-order valence-electron chi connectivity index (χ4n) is 4.13. The van der Waals surface area contributed by atoms with E-state index in [0.717, 1.165) is 28.1 Å². The third-order valence-electron chi connectivity index (χ3n) is 5.91. The van der Waals surface area contributed by atoms with E-state index in [1.807, 2.05) is 96.3 Å². The van der Waals surface area contributed by atoms with E-state index in [0.29, 0.717) is 34.5 Å². The van der Waals surface area contributed by atoms with E-state index in [1.54, 1.807) is 4.57 Å².